The Balaban J connectivity index is 1.83. The molecule has 0 spiro atoms. The molecule has 6 heteroatoms. The molecular weight excluding hydrogens is 410 g/mol. The van der Waals surface area contributed by atoms with Crippen molar-refractivity contribution in [2.24, 2.45) is 0 Å². The van der Waals surface area contributed by atoms with Gasteiger partial charge >= 0.3 is 0 Å². The van der Waals surface area contributed by atoms with Crippen LogP contribution < -0.4 is 5.84 Å². The molecule has 0 aliphatic carbocycles. The molecule has 2 aromatic rings. The third-order valence-corrected chi connectivity index (χ3v) is 7.79. The van der Waals surface area contributed by atoms with Gasteiger partial charge in [-0.25, -0.2) is 0 Å². The second-order valence-corrected chi connectivity index (χ2v) is 10.1. The van der Waals surface area contributed by atoms with Crippen molar-refractivity contribution < 1.29 is 4.79 Å². The first-order valence-electron chi connectivity index (χ1n) is 13.4. The number of nitrogen functional groups attached to an aromatic ring is 1. The number of carbonyl (C=O) groups is 1. The highest BCUT2D eigenvalue weighted by atomic mass is 16.2. The van der Waals surface area contributed by atoms with Crippen molar-refractivity contribution in [1.82, 2.24) is 19.7 Å². The minimum atomic E-state index is 0.0819. The summed E-state index contributed by atoms with van der Waals surface area (Å²) >= 11 is 0. The van der Waals surface area contributed by atoms with Crippen LogP contribution in [0.4, 0.5) is 0 Å². The summed E-state index contributed by atoms with van der Waals surface area (Å²) in [5, 5.41) is 5.71. The van der Waals surface area contributed by atoms with Crippen LogP contribution >= 0.6 is 0 Å². The van der Waals surface area contributed by atoms with Crippen LogP contribution in [-0.4, -0.2) is 57.8 Å². The number of rotatable bonds is 10. The lowest BCUT2D eigenvalue weighted by molar-refractivity contribution is 0.0680. The molecule has 3 saturated heterocycles. The van der Waals surface area contributed by atoms with Gasteiger partial charge in [0.05, 0.1) is 5.52 Å². The monoisotopic (exact) mass is 453 g/mol. The molecule has 3 aliphatic heterocycles. The average molecular weight is 454 g/mol. The number of nitrogens with zero attached hydrogens (tertiary/aromatic N) is 4. The third-order valence-electron chi connectivity index (χ3n) is 7.79. The summed E-state index contributed by atoms with van der Waals surface area (Å²) < 4.78 is 0. The number of aromatic nitrogens is 2. The highest BCUT2D eigenvalue weighted by Crippen LogP contribution is 2.33. The van der Waals surface area contributed by atoms with Gasteiger partial charge in [0, 0.05) is 37.6 Å². The van der Waals surface area contributed by atoms with Gasteiger partial charge in [0.25, 0.3) is 5.91 Å². The summed E-state index contributed by atoms with van der Waals surface area (Å²) in [6.07, 6.45) is 12.2. The molecule has 0 atom stereocenters. The van der Waals surface area contributed by atoms with Crippen molar-refractivity contribution in [3.63, 3.8) is 0 Å². The highest BCUT2D eigenvalue weighted by molar-refractivity contribution is 6.07. The Bertz CT molecular complexity index is 957. The molecule has 0 saturated carbocycles. The first kappa shape index (κ1) is 24.1. The molecular formula is C27H43N5O. The smallest absolute Gasteiger partial charge is 0.275 e. The molecule has 3 fully saturated rings. The lowest BCUT2D eigenvalue weighted by Crippen LogP contribution is -2.42. The SMILES string of the molecule is CCCCc1cc2c(c(C(=O)N3CCN4CCC3CC4)nn2N)c(CCCC)c1CCCC. The van der Waals surface area contributed by atoms with E-state index in [4.69, 9.17) is 5.84 Å². The largest absolute Gasteiger partial charge is 0.333 e. The fourth-order valence-electron chi connectivity index (χ4n) is 5.80. The molecule has 5 rings (SSSR count). The number of piperidine rings is 1. The standard InChI is InChI=1S/C27H43N5O/c1-4-7-10-20-19-24-25(23(12-9-6-3)22(20)11-8-5-2)26(29-32(24)28)27(33)31-18-17-30-15-13-21(31)14-16-30/h19,21H,4-18,28H2,1-3H3. The van der Waals surface area contributed by atoms with Crippen molar-refractivity contribution in [3.05, 3.63) is 28.5 Å². The number of hydrogen-bond acceptors (Lipinski definition) is 4. The quantitative estimate of drug-likeness (QED) is 0.530. The van der Waals surface area contributed by atoms with Crippen molar-refractivity contribution in [2.45, 2.75) is 97.4 Å². The number of amides is 1. The molecule has 3 aliphatic rings. The molecule has 2 bridgehead atoms. The molecule has 0 unspecified atom stereocenters. The Morgan fingerprint density at radius 1 is 0.939 bits per heavy atom. The van der Waals surface area contributed by atoms with Crippen LogP contribution in [0.25, 0.3) is 10.9 Å². The predicted octanol–water partition coefficient (Wildman–Crippen LogP) is 4.70. The van der Waals surface area contributed by atoms with Gasteiger partial charge in [-0.1, -0.05) is 40.0 Å². The summed E-state index contributed by atoms with van der Waals surface area (Å²) in [5.41, 5.74) is 5.74. The third kappa shape index (κ3) is 4.91. The van der Waals surface area contributed by atoms with E-state index in [1.165, 1.54) is 47.2 Å². The average Bonchev–Trinajstić information content (AvgIpc) is 2.98. The predicted molar refractivity (Wildman–Crippen MR) is 136 cm³/mol. The molecule has 0 radical (unpaired) electrons. The van der Waals surface area contributed by atoms with E-state index in [1.54, 1.807) is 0 Å². The molecule has 33 heavy (non-hydrogen) atoms. The van der Waals surface area contributed by atoms with E-state index >= 15 is 0 Å². The number of fused-ring (bicyclic) bond motifs is 5. The van der Waals surface area contributed by atoms with Crippen molar-refractivity contribution in [1.29, 1.82) is 0 Å². The topological polar surface area (TPSA) is 67.4 Å². The lowest BCUT2D eigenvalue weighted by Gasteiger charge is -2.31. The zero-order chi connectivity index (χ0) is 23.4. The first-order valence-corrected chi connectivity index (χ1v) is 13.4. The van der Waals surface area contributed by atoms with Crippen LogP contribution in [0.2, 0.25) is 0 Å². The van der Waals surface area contributed by atoms with E-state index in [0.29, 0.717) is 11.7 Å². The van der Waals surface area contributed by atoms with E-state index < -0.39 is 0 Å². The summed E-state index contributed by atoms with van der Waals surface area (Å²) in [6, 6.07) is 2.58. The van der Waals surface area contributed by atoms with Gasteiger partial charge in [-0.3, -0.25) is 4.79 Å². The maximum absolute atomic E-state index is 14.0. The number of aryl methyl sites for hydroxylation is 2. The maximum atomic E-state index is 14.0. The Labute approximate surface area is 199 Å². The maximum Gasteiger partial charge on any atom is 0.275 e. The number of carbonyl (C=O) groups excluding carboxylic acids is 1. The van der Waals surface area contributed by atoms with Crippen molar-refractivity contribution in [3.8, 4) is 0 Å². The zero-order valence-electron chi connectivity index (χ0n) is 21.0. The number of nitrogens with two attached hydrogens (primary N) is 1. The summed E-state index contributed by atoms with van der Waals surface area (Å²) in [6.45, 7) is 10.7. The van der Waals surface area contributed by atoms with Crippen LogP contribution in [0.15, 0.2) is 6.07 Å². The van der Waals surface area contributed by atoms with Gasteiger partial charge < -0.3 is 15.6 Å². The Morgan fingerprint density at radius 2 is 1.58 bits per heavy atom. The molecule has 1 aromatic heterocycles. The fourth-order valence-corrected chi connectivity index (χ4v) is 5.80. The van der Waals surface area contributed by atoms with Crippen LogP contribution in [0, 0.1) is 0 Å². The van der Waals surface area contributed by atoms with Crippen LogP contribution in [0.3, 0.4) is 0 Å². The molecule has 6 nitrogen and oxygen atoms in total. The normalized spacial score (nSPS) is 20.5. The second-order valence-electron chi connectivity index (χ2n) is 10.1. The van der Waals surface area contributed by atoms with E-state index in [2.05, 4.69) is 41.7 Å². The summed E-state index contributed by atoms with van der Waals surface area (Å²) in [5.74, 6) is 6.50. The highest BCUT2D eigenvalue weighted by Gasteiger charge is 2.35. The van der Waals surface area contributed by atoms with Gasteiger partial charge in [-0.2, -0.15) is 4.79 Å². The van der Waals surface area contributed by atoms with Crippen LogP contribution in [-0.2, 0) is 19.3 Å². The van der Waals surface area contributed by atoms with Crippen molar-refractivity contribution >= 4 is 16.8 Å². The first-order chi connectivity index (χ1) is 16.1. The van der Waals surface area contributed by atoms with Crippen LogP contribution in [0.5, 0.6) is 0 Å². The molecule has 4 heterocycles. The molecule has 182 valence electrons. The van der Waals surface area contributed by atoms with E-state index in [9.17, 15) is 4.79 Å². The summed E-state index contributed by atoms with van der Waals surface area (Å²) in [7, 11) is 0. The number of unbranched alkanes of at least 4 members (excludes halogenated alkanes) is 3. The van der Waals surface area contributed by atoms with Gasteiger partial charge in [-0.15, -0.1) is 5.10 Å². The lowest BCUT2D eigenvalue weighted by atomic mass is 9.87. The molecule has 1 amide bonds. The van der Waals surface area contributed by atoms with E-state index in [0.717, 1.165) is 82.0 Å². The van der Waals surface area contributed by atoms with E-state index in [-0.39, 0.29) is 5.91 Å². The zero-order valence-corrected chi connectivity index (χ0v) is 21.0. The van der Waals surface area contributed by atoms with Gasteiger partial charge in [0.1, 0.15) is 0 Å². The number of hydrogen-bond donors (Lipinski definition) is 1. The van der Waals surface area contributed by atoms with Gasteiger partial charge in [0.2, 0.25) is 0 Å². The fraction of sp³-hybridized carbons (Fsp3) is 0.704. The van der Waals surface area contributed by atoms with E-state index in [1.807, 2.05) is 0 Å². The number of benzene rings is 1. The minimum Gasteiger partial charge on any atom is -0.333 e. The Morgan fingerprint density at radius 3 is 2.24 bits per heavy atom. The van der Waals surface area contributed by atoms with Crippen LogP contribution in [0.1, 0.15) is 99.3 Å². The van der Waals surface area contributed by atoms with Gasteiger partial charge in [0.15, 0.2) is 5.69 Å². The summed E-state index contributed by atoms with van der Waals surface area (Å²) in [4.78, 5) is 20.0. The molecule has 1 aromatic carbocycles. The Kier molecular flexibility index (Phi) is 7.94. The second kappa shape index (κ2) is 10.9. The molecule has 2 N–H and O–H groups in total. The Hall–Kier alpha value is -2.08. The minimum absolute atomic E-state index is 0.0819. The van der Waals surface area contributed by atoms with Crippen molar-refractivity contribution in [2.75, 3.05) is 32.0 Å². The van der Waals surface area contributed by atoms with Gasteiger partial charge in [-0.05, 0) is 74.1 Å².